The average Bonchev–Trinajstić information content (AvgIpc) is 2.74. The predicted octanol–water partition coefficient (Wildman–Crippen LogP) is 6.22. The molecule has 3 aromatic rings. The molecule has 0 bridgehead atoms. The second-order valence-corrected chi connectivity index (χ2v) is 7.49. The minimum atomic E-state index is 0.0455. The summed E-state index contributed by atoms with van der Waals surface area (Å²) in [5.41, 5.74) is 3.87. The minimum absolute atomic E-state index is 0.0455. The number of aromatic hydroxyl groups is 1. The van der Waals surface area contributed by atoms with Gasteiger partial charge in [-0.1, -0.05) is 73.9 Å². The number of rotatable bonds is 5. The van der Waals surface area contributed by atoms with Crippen LogP contribution in [-0.4, -0.2) is 5.11 Å². The number of phenolic OH excluding ortho intramolecular Hbond substituents is 1. The van der Waals surface area contributed by atoms with Crippen LogP contribution in [0.4, 0.5) is 0 Å². The van der Waals surface area contributed by atoms with Crippen LogP contribution >= 0.6 is 0 Å². The van der Waals surface area contributed by atoms with Crippen LogP contribution in [0.15, 0.2) is 78.9 Å². The molecule has 0 aliphatic heterocycles. The molecule has 0 heterocycles. The minimum Gasteiger partial charge on any atom is -0.508 e. The highest BCUT2D eigenvalue weighted by Gasteiger charge is 2.35. The normalized spacial score (nSPS) is 16.0. The Bertz CT molecular complexity index is 845. The van der Waals surface area contributed by atoms with Crippen molar-refractivity contribution in [3.8, 4) is 11.5 Å². The van der Waals surface area contributed by atoms with Crippen molar-refractivity contribution >= 4 is 0 Å². The summed E-state index contributed by atoms with van der Waals surface area (Å²) in [6.45, 7) is 0.587. The van der Waals surface area contributed by atoms with Crippen LogP contribution in [0.5, 0.6) is 11.5 Å². The molecule has 0 saturated heterocycles. The summed E-state index contributed by atoms with van der Waals surface area (Å²) in [4.78, 5) is 0. The molecule has 3 aromatic carbocycles. The zero-order chi connectivity index (χ0) is 18.5. The third-order valence-corrected chi connectivity index (χ3v) is 5.78. The maximum absolute atomic E-state index is 9.68. The Morgan fingerprint density at radius 2 is 1.30 bits per heavy atom. The number of phenols is 1. The van der Waals surface area contributed by atoms with Crippen molar-refractivity contribution in [3.05, 3.63) is 95.6 Å². The molecule has 1 aliphatic carbocycles. The van der Waals surface area contributed by atoms with E-state index in [-0.39, 0.29) is 5.41 Å². The molecule has 0 unspecified atom stereocenters. The van der Waals surface area contributed by atoms with Gasteiger partial charge in [0.15, 0.2) is 0 Å². The fourth-order valence-corrected chi connectivity index (χ4v) is 4.29. The molecule has 4 rings (SSSR count). The number of hydrogen-bond donors (Lipinski definition) is 1. The van der Waals surface area contributed by atoms with Crippen molar-refractivity contribution in [1.29, 1.82) is 0 Å². The van der Waals surface area contributed by atoms with Crippen LogP contribution in [0.2, 0.25) is 0 Å². The third kappa shape index (κ3) is 3.85. The van der Waals surface area contributed by atoms with E-state index in [2.05, 4.69) is 48.5 Å². The van der Waals surface area contributed by atoms with Crippen LogP contribution in [-0.2, 0) is 12.0 Å². The van der Waals surface area contributed by atoms with Gasteiger partial charge in [0, 0.05) is 5.41 Å². The molecule has 1 N–H and O–H groups in total. The summed E-state index contributed by atoms with van der Waals surface area (Å²) in [6, 6.07) is 26.7. The summed E-state index contributed by atoms with van der Waals surface area (Å²) in [7, 11) is 0. The first-order chi connectivity index (χ1) is 13.3. The van der Waals surface area contributed by atoms with Crippen molar-refractivity contribution in [3.63, 3.8) is 0 Å². The fraction of sp³-hybridized carbons (Fsp3) is 0.280. The van der Waals surface area contributed by atoms with E-state index in [9.17, 15) is 5.11 Å². The maximum atomic E-state index is 9.68. The lowest BCUT2D eigenvalue weighted by molar-refractivity contribution is 0.305. The molecular formula is C25H26O2. The van der Waals surface area contributed by atoms with E-state index in [1.165, 1.54) is 36.0 Å². The van der Waals surface area contributed by atoms with E-state index in [0.717, 1.165) is 18.6 Å². The molecule has 0 radical (unpaired) electrons. The highest BCUT2D eigenvalue weighted by molar-refractivity contribution is 5.43. The van der Waals surface area contributed by atoms with Gasteiger partial charge in [0.2, 0.25) is 0 Å². The largest absolute Gasteiger partial charge is 0.508 e. The number of ether oxygens (including phenoxy) is 1. The summed E-state index contributed by atoms with van der Waals surface area (Å²) < 4.78 is 5.96. The summed E-state index contributed by atoms with van der Waals surface area (Å²) in [5.74, 6) is 1.23. The quantitative estimate of drug-likeness (QED) is 0.586. The Labute approximate surface area is 161 Å². The molecule has 0 aromatic heterocycles. The first-order valence-electron chi connectivity index (χ1n) is 9.83. The Hall–Kier alpha value is -2.74. The second-order valence-electron chi connectivity index (χ2n) is 7.49. The van der Waals surface area contributed by atoms with Crippen molar-refractivity contribution in [1.82, 2.24) is 0 Å². The van der Waals surface area contributed by atoms with Gasteiger partial charge in [-0.15, -0.1) is 0 Å². The maximum Gasteiger partial charge on any atom is 0.119 e. The standard InChI is InChI=1S/C25H26O2/c26-23-13-9-21(10-14-23)25(17-5-2-6-18-25)22-11-15-24(16-12-22)27-19-20-7-3-1-4-8-20/h1,3-4,7-16,26H,2,5-6,17-19H2. The monoisotopic (exact) mass is 358 g/mol. The van der Waals surface area contributed by atoms with Crippen LogP contribution in [0.3, 0.4) is 0 Å². The first-order valence-corrected chi connectivity index (χ1v) is 9.83. The molecular weight excluding hydrogens is 332 g/mol. The lowest BCUT2D eigenvalue weighted by Crippen LogP contribution is -2.30. The van der Waals surface area contributed by atoms with Gasteiger partial charge >= 0.3 is 0 Å². The Morgan fingerprint density at radius 1 is 0.704 bits per heavy atom. The molecule has 1 fully saturated rings. The highest BCUT2D eigenvalue weighted by Crippen LogP contribution is 2.45. The van der Waals surface area contributed by atoms with Gasteiger partial charge in [0.05, 0.1) is 0 Å². The topological polar surface area (TPSA) is 29.5 Å². The Morgan fingerprint density at radius 3 is 1.93 bits per heavy atom. The van der Waals surface area contributed by atoms with E-state index < -0.39 is 0 Å². The van der Waals surface area contributed by atoms with Gasteiger partial charge < -0.3 is 9.84 Å². The lowest BCUT2D eigenvalue weighted by Gasteiger charge is -2.38. The molecule has 2 heteroatoms. The van der Waals surface area contributed by atoms with Crippen LogP contribution in [0.1, 0.15) is 48.8 Å². The third-order valence-electron chi connectivity index (χ3n) is 5.78. The fourth-order valence-electron chi connectivity index (χ4n) is 4.29. The van der Waals surface area contributed by atoms with Crippen LogP contribution in [0, 0.1) is 0 Å². The van der Waals surface area contributed by atoms with Gasteiger partial charge in [-0.25, -0.2) is 0 Å². The van der Waals surface area contributed by atoms with Crippen molar-refractivity contribution in [2.24, 2.45) is 0 Å². The zero-order valence-corrected chi connectivity index (χ0v) is 15.6. The molecule has 27 heavy (non-hydrogen) atoms. The van der Waals surface area contributed by atoms with Crippen LogP contribution < -0.4 is 4.74 Å². The summed E-state index contributed by atoms with van der Waals surface area (Å²) >= 11 is 0. The predicted molar refractivity (Wildman–Crippen MR) is 109 cm³/mol. The van der Waals surface area contributed by atoms with E-state index in [1.807, 2.05) is 30.3 Å². The molecule has 138 valence electrons. The zero-order valence-electron chi connectivity index (χ0n) is 15.6. The Kier molecular flexibility index (Phi) is 5.15. The molecule has 1 saturated carbocycles. The number of benzene rings is 3. The van der Waals surface area contributed by atoms with Gasteiger partial charge in [-0.05, 0) is 53.8 Å². The van der Waals surface area contributed by atoms with Gasteiger partial charge in [0.25, 0.3) is 0 Å². The summed E-state index contributed by atoms with van der Waals surface area (Å²) in [5, 5.41) is 9.68. The van der Waals surface area contributed by atoms with Gasteiger partial charge in [-0.2, -0.15) is 0 Å². The molecule has 1 aliphatic rings. The second kappa shape index (κ2) is 7.87. The van der Waals surface area contributed by atoms with Gasteiger partial charge in [-0.3, -0.25) is 0 Å². The van der Waals surface area contributed by atoms with E-state index >= 15 is 0 Å². The summed E-state index contributed by atoms with van der Waals surface area (Å²) in [6.07, 6.45) is 6.10. The molecule has 0 atom stereocenters. The molecule has 0 spiro atoms. The first kappa shape index (κ1) is 17.7. The smallest absolute Gasteiger partial charge is 0.119 e. The lowest BCUT2D eigenvalue weighted by atomic mass is 9.65. The van der Waals surface area contributed by atoms with Crippen molar-refractivity contribution in [2.45, 2.75) is 44.1 Å². The van der Waals surface area contributed by atoms with Crippen molar-refractivity contribution < 1.29 is 9.84 Å². The highest BCUT2D eigenvalue weighted by atomic mass is 16.5. The van der Waals surface area contributed by atoms with E-state index in [0.29, 0.717) is 12.4 Å². The number of hydrogen-bond acceptors (Lipinski definition) is 2. The Balaban J connectivity index is 1.56. The van der Waals surface area contributed by atoms with Gasteiger partial charge in [0.1, 0.15) is 18.1 Å². The van der Waals surface area contributed by atoms with E-state index in [1.54, 1.807) is 0 Å². The molecule has 2 nitrogen and oxygen atoms in total. The van der Waals surface area contributed by atoms with Crippen molar-refractivity contribution in [2.75, 3.05) is 0 Å². The average molecular weight is 358 g/mol. The van der Waals surface area contributed by atoms with E-state index in [4.69, 9.17) is 4.74 Å². The molecule has 0 amide bonds. The van der Waals surface area contributed by atoms with Crippen LogP contribution in [0.25, 0.3) is 0 Å². The SMILES string of the molecule is Oc1ccc(C2(c3ccc(OCc4ccccc4)cc3)CCCCC2)cc1.